The van der Waals surface area contributed by atoms with Crippen molar-refractivity contribution in [1.29, 1.82) is 0 Å². The fraction of sp³-hybridized carbons (Fsp3) is 0.381. The number of amides is 1. The molecule has 1 amide bonds. The average Bonchev–Trinajstić information content (AvgIpc) is 3.39. The Morgan fingerprint density at radius 2 is 1.93 bits per heavy atom. The highest BCUT2D eigenvalue weighted by molar-refractivity contribution is 5.93. The number of nitrogens with two attached hydrogens (primary N) is 1. The Kier molecular flexibility index (Phi) is 4.55. The second-order valence-corrected chi connectivity index (χ2v) is 8.14. The van der Waals surface area contributed by atoms with Crippen molar-refractivity contribution >= 4 is 5.91 Å². The summed E-state index contributed by atoms with van der Waals surface area (Å²) in [5.41, 5.74) is 7.67. The number of ether oxygens (including phenoxy) is 1. The van der Waals surface area contributed by atoms with E-state index in [4.69, 9.17) is 20.6 Å². The van der Waals surface area contributed by atoms with Gasteiger partial charge in [0.2, 0.25) is 5.91 Å². The highest BCUT2D eigenvalue weighted by Crippen LogP contribution is 2.30. The van der Waals surface area contributed by atoms with Gasteiger partial charge >= 0.3 is 0 Å². The molecule has 3 aromatic rings. The molecule has 1 aliphatic heterocycles. The molecule has 4 rings (SSSR count). The van der Waals surface area contributed by atoms with Crippen LogP contribution in [-0.2, 0) is 10.3 Å². The molecular formula is C21H25N5O2. The summed E-state index contributed by atoms with van der Waals surface area (Å²) in [5, 5.41) is 4.78. The number of rotatable bonds is 4. The van der Waals surface area contributed by atoms with E-state index in [1.165, 1.54) is 0 Å². The molecule has 0 spiro atoms. The van der Waals surface area contributed by atoms with Gasteiger partial charge in [0, 0.05) is 41.2 Å². The molecule has 7 nitrogen and oxygen atoms in total. The van der Waals surface area contributed by atoms with Gasteiger partial charge in [-0.25, -0.2) is 9.67 Å². The normalized spacial score (nSPS) is 17.2. The van der Waals surface area contributed by atoms with Crippen molar-refractivity contribution in [2.24, 2.45) is 5.73 Å². The summed E-state index contributed by atoms with van der Waals surface area (Å²) in [7, 11) is 0. The lowest BCUT2D eigenvalue weighted by atomic mass is 10.1. The minimum atomic E-state index is -0.447. The third-order valence-corrected chi connectivity index (χ3v) is 5.04. The zero-order valence-electron chi connectivity index (χ0n) is 16.4. The zero-order chi connectivity index (χ0) is 19.9. The monoisotopic (exact) mass is 379 g/mol. The van der Waals surface area contributed by atoms with Crippen molar-refractivity contribution in [3.8, 4) is 22.8 Å². The van der Waals surface area contributed by atoms with Crippen molar-refractivity contribution in [1.82, 2.24) is 19.3 Å². The number of primary amides is 1. The van der Waals surface area contributed by atoms with Gasteiger partial charge in [-0.2, -0.15) is 5.10 Å². The summed E-state index contributed by atoms with van der Waals surface area (Å²) in [6.07, 6.45) is 5.09. The molecule has 2 aromatic heterocycles. The van der Waals surface area contributed by atoms with Gasteiger partial charge in [0.1, 0.15) is 0 Å². The molecule has 146 valence electrons. The Hall–Kier alpha value is -2.93. The van der Waals surface area contributed by atoms with Crippen molar-refractivity contribution < 1.29 is 9.53 Å². The van der Waals surface area contributed by atoms with E-state index in [0.717, 1.165) is 30.0 Å². The number of nitrogens with zero attached hydrogens (tertiary/aromatic N) is 4. The van der Waals surface area contributed by atoms with Crippen molar-refractivity contribution in [2.45, 2.75) is 38.8 Å². The van der Waals surface area contributed by atoms with Gasteiger partial charge < -0.3 is 15.0 Å². The molecule has 2 N–H and O–H groups in total. The first-order valence-electron chi connectivity index (χ1n) is 9.46. The van der Waals surface area contributed by atoms with Gasteiger partial charge in [-0.15, -0.1) is 0 Å². The Bertz CT molecular complexity index is 989. The van der Waals surface area contributed by atoms with E-state index in [1.807, 2.05) is 16.8 Å². The quantitative estimate of drug-likeness (QED) is 0.754. The molecule has 28 heavy (non-hydrogen) atoms. The lowest BCUT2D eigenvalue weighted by molar-refractivity contribution is 0.100. The summed E-state index contributed by atoms with van der Waals surface area (Å²) in [6, 6.07) is 9.30. The second kappa shape index (κ2) is 6.91. The fourth-order valence-corrected chi connectivity index (χ4v) is 3.34. The van der Waals surface area contributed by atoms with Crippen LogP contribution >= 0.6 is 0 Å². The maximum absolute atomic E-state index is 11.3. The van der Waals surface area contributed by atoms with Crippen LogP contribution in [0.5, 0.6) is 0 Å². The Morgan fingerprint density at radius 1 is 1.18 bits per heavy atom. The lowest BCUT2D eigenvalue weighted by Gasteiger charge is -2.20. The molecule has 0 radical (unpaired) electrons. The van der Waals surface area contributed by atoms with E-state index >= 15 is 0 Å². The first kappa shape index (κ1) is 18.4. The largest absolute Gasteiger partial charge is 0.379 e. The molecular weight excluding hydrogens is 354 g/mol. The summed E-state index contributed by atoms with van der Waals surface area (Å²) < 4.78 is 9.73. The predicted molar refractivity (Wildman–Crippen MR) is 107 cm³/mol. The first-order valence-corrected chi connectivity index (χ1v) is 9.46. The Balaban J connectivity index is 1.76. The van der Waals surface area contributed by atoms with Gasteiger partial charge in [0.25, 0.3) is 0 Å². The van der Waals surface area contributed by atoms with E-state index in [1.54, 1.807) is 12.1 Å². The standard InChI is InChI=1S/C21H25N5O2/c1-21(2,3)25-10-8-16(12-25)20-23-19(24-26(20)17-9-11-28-13-17)15-6-4-14(5-7-15)18(22)27/h4-8,10,12,17H,9,11,13H2,1-3H3,(H2,22,27). The molecule has 0 bridgehead atoms. The average molecular weight is 379 g/mol. The topological polar surface area (TPSA) is 88.0 Å². The first-order chi connectivity index (χ1) is 13.3. The molecule has 7 heteroatoms. The summed E-state index contributed by atoms with van der Waals surface area (Å²) in [6.45, 7) is 7.86. The van der Waals surface area contributed by atoms with Gasteiger partial charge in [-0.05, 0) is 45.4 Å². The van der Waals surface area contributed by atoms with E-state index in [9.17, 15) is 4.79 Å². The van der Waals surface area contributed by atoms with E-state index < -0.39 is 5.91 Å². The Labute approximate surface area is 164 Å². The van der Waals surface area contributed by atoms with Crippen LogP contribution in [0, 0.1) is 0 Å². The molecule has 1 aromatic carbocycles. The number of hydrogen-bond acceptors (Lipinski definition) is 4. The molecule has 1 fully saturated rings. The molecule has 1 aliphatic rings. The van der Waals surface area contributed by atoms with Crippen LogP contribution in [0.3, 0.4) is 0 Å². The molecule has 0 aliphatic carbocycles. The SMILES string of the molecule is CC(C)(C)n1ccc(-c2nc(-c3ccc(C(N)=O)cc3)nn2C2CCOC2)c1. The second-order valence-electron chi connectivity index (χ2n) is 8.14. The summed E-state index contributed by atoms with van der Waals surface area (Å²) >= 11 is 0. The van der Waals surface area contributed by atoms with E-state index in [0.29, 0.717) is 18.0 Å². The number of hydrogen-bond donors (Lipinski definition) is 1. The van der Waals surface area contributed by atoms with Crippen LogP contribution in [0.4, 0.5) is 0 Å². The molecule has 3 heterocycles. The summed E-state index contributed by atoms with van der Waals surface area (Å²) in [5.74, 6) is 1.01. The molecule has 1 saturated heterocycles. The lowest BCUT2D eigenvalue weighted by Crippen LogP contribution is -2.19. The number of benzene rings is 1. The molecule has 0 saturated carbocycles. The summed E-state index contributed by atoms with van der Waals surface area (Å²) in [4.78, 5) is 16.2. The zero-order valence-corrected chi connectivity index (χ0v) is 16.4. The van der Waals surface area contributed by atoms with Gasteiger partial charge in [-0.3, -0.25) is 4.79 Å². The minimum absolute atomic E-state index is 0.00695. The minimum Gasteiger partial charge on any atom is -0.379 e. The number of carbonyl (C=O) groups is 1. The van der Waals surface area contributed by atoms with Crippen molar-refractivity contribution in [3.05, 3.63) is 48.3 Å². The fourth-order valence-electron chi connectivity index (χ4n) is 3.34. The van der Waals surface area contributed by atoms with Gasteiger partial charge in [0.15, 0.2) is 11.6 Å². The van der Waals surface area contributed by atoms with Crippen molar-refractivity contribution in [3.63, 3.8) is 0 Å². The van der Waals surface area contributed by atoms with E-state index in [2.05, 4.69) is 43.8 Å². The third-order valence-electron chi connectivity index (χ3n) is 5.04. The van der Waals surface area contributed by atoms with Crippen LogP contribution in [0.2, 0.25) is 0 Å². The maximum Gasteiger partial charge on any atom is 0.248 e. The number of carbonyl (C=O) groups excluding carboxylic acids is 1. The predicted octanol–water partition coefficient (Wildman–Crippen LogP) is 3.23. The maximum atomic E-state index is 11.3. The highest BCUT2D eigenvalue weighted by Gasteiger charge is 2.25. The highest BCUT2D eigenvalue weighted by atomic mass is 16.5. The molecule has 1 atom stereocenters. The van der Waals surface area contributed by atoms with Crippen molar-refractivity contribution in [2.75, 3.05) is 13.2 Å². The molecule has 1 unspecified atom stereocenters. The van der Waals surface area contributed by atoms with Crippen LogP contribution in [0.25, 0.3) is 22.8 Å². The number of aromatic nitrogens is 4. The smallest absolute Gasteiger partial charge is 0.248 e. The van der Waals surface area contributed by atoms with Crippen LogP contribution in [-0.4, -0.2) is 38.5 Å². The van der Waals surface area contributed by atoms with Gasteiger partial charge in [-0.1, -0.05) is 12.1 Å². The van der Waals surface area contributed by atoms with Gasteiger partial charge in [0.05, 0.1) is 12.6 Å². The third kappa shape index (κ3) is 3.45. The van der Waals surface area contributed by atoms with Crippen LogP contribution in [0.15, 0.2) is 42.7 Å². The van der Waals surface area contributed by atoms with Crippen LogP contribution in [0.1, 0.15) is 43.6 Å². The Morgan fingerprint density at radius 3 is 2.50 bits per heavy atom. The van der Waals surface area contributed by atoms with E-state index in [-0.39, 0.29) is 11.6 Å². The van der Waals surface area contributed by atoms with Crippen LogP contribution < -0.4 is 5.73 Å².